The largest absolute Gasteiger partial charge is 0.416 e. The number of rotatable bonds is 5. The van der Waals surface area contributed by atoms with Gasteiger partial charge >= 0.3 is 12.2 Å². The Morgan fingerprint density at radius 1 is 0.875 bits per heavy atom. The predicted molar refractivity (Wildman–Crippen MR) is 120 cm³/mol. The van der Waals surface area contributed by atoms with E-state index in [0.717, 1.165) is 6.07 Å². The summed E-state index contributed by atoms with van der Waals surface area (Å²) in [6.45, 7) is 0. The second-order valence-corrected chi connectivity index (χ2v) is 8.97. The van der Waals surface area contributed by atoms with Gasteiger partial charge in [0.15, 0.2) is 0 Å². The van der Waals surface area contributed by atoms with E-state index in [9.17, 15) is 26.4 Å². The molecule has 0 atom stereocenters. The summed E-state index contributed by atoms with van der Waals surface area (Å²) in [5.74, 6) is 0. The van der Waals surface area contributed by atoms with Crippen LogP contribution in [0.5, 0.6) is 0 Å². The van der Waals surface area contributed by atoms with Gasteiger partial charge in [-0.3, -0.25) is 4.72 Å². The molecule has 7 nitrogen and oxygen atoms in total. The number of carbonyl (C=O) groups is 1. The molecule has 3 aromatic carbocycles. The number of nitrogens with two attached hydrogens (primary N) is 1. The minimum absolute atomic E-state index is 0.00549. The smallest absolute Gasteiger partial charge is 0.398 e. The molecule has 0 bridgehead atoms. The molecule has 0 saturated heterocycles. The summed E-state index contributed by atoms with van der Waals surface area (Å²) in [5, 5.41) is 5.14. The van der Waals surface area contributed by atoms with Crippen molar-refractivity contribution in [1.82, 2.24) is 0 Å². The maximum absolute atomic E-state index is 12.8. The fourth-order valence-electron chi connectivity index (χ4n) is 2.69. The Morgan fingerprint density at radius 3 is 2.03 bits per heavy atom. The average molecular weight is 529 g/mol. The fraction of sp³-hybridized carbons (Fsp3) is 0.0500. The molecule has 2 amide bonds. The van der Waals surface area contributed by atoms with Crippen LogP contribution in [0.4, 0.5) is 40.7 Å². The molecule has 3 rings (SSSR count). The van der Waals surface area contributed by atoms with Crippen LogP contribution < -0.4 is 21.1 Å². The quantitative estimate of drug-likeness (QED) is 0.327. The molecule has 0 radical (unpaired) electrons. The highest BCUT2D eigenvalue weighted by molar-refractivity contribution is 9.10. The molecule has 0 unspecified atom stereocenters. The van der Waals surface area contributed by atoms with Crippen molar-refractivity contribution >= 4 is 54.7 Å². The number of nitrogen functional groups attached to an aromatic ring is 1. The first-order valence-electron chi connectivity index (χ1n) is 8.88. The van der Waals surface area contributed by atoms with E-state index < -0.39 is 38.4 Å². The van der Waals surface area contributed by atoms with Crippen LogP contribution in [-0.2, 0) is 16.2 Å². The predicted octanol–water partition coefficient (Wildman–Crippen LogP) is 5.49. The van der Waals surface area contributed by atoms with Gasteiger partial charge in [0, 0.05) is 4.47 Å². The summed E-state index contributed by atoms with van der Waals surface area (Å²) in [7, 11) is -4.35. The van der Waals surface area contributed by atoms with Crippen LogP contribution in [0, 0.1) is 0 Å². The number of para-hydroxylation sites is 3. The molecule has 0 saturated carbocycles. The molecule has 5 N–H and O–H groups in total. The number of carbonyl (C=O) groups excluding carboxylic acids is 1. The van der Waals surface area contributed by atoms with E-state index in [1.807, 2.05) is 0 Å². The van der Waals surface area contributed by atoms with Crippen molar-refractivity contribution in [3.8, 4) is 0 Å². The molecular formula is C20H16BrF3N4O3S. The van der Waals surface area contributed by atoms with E-state index in [1.54, 1.807) is 30.3 Å². The molecule has 12 heteroatoms. The number of nitrogens with one attached hydrogen (secondary N) is 3. The van der Waals surface area contributed by atoms with Crippen molar-refractivity contribution in [2.45, 2.75) is 11.1 Å². The lowest BCUT2D eigenvalue weighted by molar-refractivity contribution is -0.137. The SMILES string of the molecule is Nc1cc(C(F)(F)F)ccc1S(=O)(=O)Nc1ccccc1NC(=O)Nc1ccccc1Br. The molecule has 3 aromatic rings. The maximum Gasteiger partial charge on any atom is 0.416 e. The van der Waals surface area contributed by atoms with Gasteiger partial charge in [-0.15, -0.1) is 0 Å². The molecular weight excluding hydrogens is 513 g/mol. The Labute approximate surface area is 190 Å². The van der Waals surface area contributed by atoms with Gasteiger partial charge in [0.2, 0.25) is 0 Å². The van der Waals surface area contributed by atoms with Gasteiger partial charge in [-0.2, -0.15) is 13.2 Å². The Kier molecular flexibility index (Phi) is 6.65. The first kappa shape index (κ1) is 23.4. The van der Waals surface area contributed by atoms with Crippen molar-refractivity contribution in [1.29, 1.82) is 0 Å². The number of amides is 2. The summed E-state index contributed by atoms with van der Waals surface area (Å²) >= 11 is 3.30. The van der Waals surface area contributed by atoms with E-state index in [1.165, 1.54) is 18.2 Å². The first-order chi connectivity index (χ1) is 15.0. The van der Waals surface area contributed by atoms with Crippen molar-refractivity contribution in [3.63, 3.8) is 0 Å². The lowest BCUT2D eigenvalue weighted by atomic mass is 10.2. The second kappa shape index (κ2) is 9.09. The minimum Gasteiger partial charge on any atom is -0.398 e. The number of benzene rings is 3. The van der Waals surface area contributed by atoms with Gasteiger partial charge in [-0.25, -0.2) is 13.2 Å². The van der Waals surface area contributed by atoms with E-state index in [2.05, 4.69) is 31.3 Å². The van der Waals surface area contributed by atoms with Gasteiger partial charge in [0.1, 0.15) is 4.90 Å². The molecule has 32 heavy (non-hydrogen) atoms. The third-order valence-electron chi connectivity index (χ3n) is 4.17. The number of hydrogen-bond donors (Lipinski definition) is 4. The monoisotopic (exact) mass is 528 g/mol. The maximum atomic E-state index is 12.8. The molecule has 0 aliphatic heterocycles. The van der Waals surface area contributed by atoms with Crippen LogP contribution in [-0.4, -0.2) is 14.4 Å². The van der Waals surface area contributed by atoms with Crippen LogP contribution >= 0.6 is 15.9 Å². The zero-order valence-corrected chi connectivity index (χ0v) is 18.5. The van der Waals surface area contributed by atoms with Crippen molar-refractivity contribution in [2.24, 2.45) is 0 Å². The number of halogens is 4. The summed E-state index contributed by atoms with van der Waals surface area (Å²) < 4.78 is 66.9. The summed E-state index contributed by atoms with van der Waals surface area (Å²) in [6.07, 6.45) is -4.67. The molecule has 0 spiro atoms. The second-order valence-electron chi connectivity index (χ2n) is 6.46. The third-order valence-corrected chi connectivity index (χ3v) is 6.30. The third kappa shape index (κ3) is 5.51. The summed E-state index contributed by atoms with van der Waals surface area (Å²) in [6, 6.07) is 14.1. The van der Waals surface area contributed by atoms with Crippen molar-refractivity contribution in [3.05, 3.63) is 76.8 Å². The number of alkyl halides is 3. The summed E-state index contributed by atoms with van der Waals surface area (Å²) in [4.78, 5) is 11.8. The number of urea groups is 1. The van der Waals surface area contributed by atoms with Crippen LogP contribution in [0.3, 0.4) is 0 Å². The highest BCUT2D eigenvalue weighted by atomic mass is 79.9. The highest BCUT2D eigenvalue weighted by Gasteiger charge is 2.32. The zero-order valence-electron chi connectivity index (χ0n) is 16.1. The van der Waals surface area contributed by atoms with Crippen molar-refractivity contribution < 1.29 is 26.4 Å². The number of anilines is 4. The van der Waals surface area contributed by atoms with E-state index in [0.29, 0.717) is 22.3 Å². The van der Waals surface area contributed by atoms with Crippen LogP contribution in [0.15, 0.2) is 76.1 Å². The number of hydrogen-bond acceptors (Lipinski definition) is 4. The molecule has 0 heterocycles. The molecule has 0 aromatic heterocycles. The first-order valence-corrected chi connectivity index (χ1v) is 11.2. The highest BCUT2D eigenvalue weighted by Crippen LogP contribution is 2.33. The Bertz CT molecular complexity index is 1270. The van der Waals surface area contributed by atoms with Crippen LogP contribution in [0.2, 0.25) is 0 Å². The van der Waals surface area contributed by atoms with Gasteiger partial charge in [0.05, 0.1) is 28.3 Å². The molecule has 0 aliphatic carbocycles. The number of sulfonamides is 1. The molecule has 168 valence electrons. The zero-order chi connectivity index (χ0) is 23.5. The topological polar surface area (TPSA) is 113 Å². The minimum atomic E-state index is -4.67. The Hall–Kier alpha value is -3.25. The Morgan fingerprint density at radius 2 is 1.44 bits per heavy atom. The van der Waals surface area contributed by atoms with E-state index in [-0.39, 0.29) is 11.4 Å². The standard InChI is InChI=1S/C20H16BrF3N4O3S/c21-13-5-1-2-6-15(13)26-19(29)27-16-7-3-4-8-17(16)28-32(30,31)18-10-9-12(11-14(18)25)20(22,23)24/h1-11,28H,25H2,(H2,26,27,29). The average Bonchev–Trinajstić information content (AvgIpc) is 2.70. The van der Waals surface area contributed by atoms with E-state index in [4.69, 9.17) is 5.73 Å². The van der Waals surface area contributed by atoms with Gasteiger partial charge in [-0.05, 0) is 58.4 Å². The lowest BCUT2D eigenvalue weighted by Crippen LogP contribution is -2.22. The van der Waals surface area contributed by atoms with Gasteiger partial charge < -0.3 is 16.4 Å². The molecule has 0 fully saturated rings. The molecule has 0 aliphatic rings. The lowest BCUT2D eigenvalue weighted by Gasteiger charge is -2.16. The van der Waals surface area contributed by atoms with E-state index >= 15 is 0 Å². The Balaban J connectivity index is 1.83. The summed E-state index contributed by atoms with van der Waals surface area (Å²) in [5.41, 5.74) is 4.54. The van der Waals surface area contributed by atoms with Crippen LogP contribution in [0.25, 0.3) is 0 Å². The van der Waals surface area contributed by atoms with Gasteiger partial charge in [0.25, 0.3) is 10.0 Å². The normalized spacial score (nSPS) is 11.6. The fourth-order valence-corrected chi connectivity index (χ4v) is 4.27. The van der Waals surface area contributed by atoms with Gasteiger partial charge in [-0.1, -0.05) is 24.3 Å². The van der Waals surface area contributed by atoms with Crippen LogP contribution in [0.1, 0.15) is 5.56 Å². The van der Waals surface area contributed by atoms with Crippen molar-refractivity contribution in [2.75, 3.05) is 21.1 Å².